The van der Waals surface area contributed by atoms with Crippen molar-refractivity contribution in [2.24, 2.45) is 5.92 Å². The Morgan fingerprint density at radius 2 is 1.89 bits per heavy atom. The van der Waals surface area contributed by atoms with E-state index in [0.29, 0.717) is 11.1 Å². The number of pyridine rings is 1. The highest BCUT2D eigenvalue weighted by Crippen LogP contribution is 2.28. The Kier molecular flexibility index (Phi) is 7.55. The predicted molar refractivity (Wildman–Crippen MR) is 101 cm³/mol. The first-order valence-corrected chi connectivity index (χ1v) is 8.97. The number of aromatic nitrogens is 1. The second-order valence-corrected chi connectivity index (χ2v) is 7.09. The van der Waals surface area contributed by atoms with E-state index in [4.69, 9.17) is 28.5 Å². The number of carbonyl (C=O) groups excluding carboxylic acids is 1. The molecule has 1 heterocycles. The molecule has 0 amide bonds. The lowest BCUT2D eigenvalue weighted by molar-refractivity contribution is -0.119. The zero-order valence-electron chi connectivity index (χ0n) is 14.2. The van der Waals surface area contributed by atoms with Gasteiger partial charge < -0.3 is 9.67 Å². The van der Waals surface area contributed by atoms with Crippen LogP contribution in [0.25, 0.3) is 11.1 Å². The van der Waals surface area contributed by atoms with Gasteiger partial charge in [0.1, 0.15) is 6.54 Å². The van der Waals surface area contributed by atoms with Crippen LogP contribution in [-0.4, -0.2) is 27.0 Å². The molecule has 5 nitrogen and oxygen atoms in total. The standard InChI is InChI=1S/C19H17Cl2FN2O3/c20-19(21)16(25)9-15(11-22)18(27)13-3-1-12(2-4-13)14-5-7-24(8-6-23)17(26)10-14/h1-5,7,10,15,18-19,27H,8-9,11H2/t15-,18-/m1/s1. The third kappa shape index (κ3) is 5.39. The van der Waals surface area contributed by atoms with Crippen molar-refractivity contribution in [1.29, 1.82) is 5.26 Å². The molecule has 142 valence electrons. The van der Waals surface area contributed by atoms with Crippen molar-refractivity contribution in [1.82, 2.24) is 4.57 Å². The maximum atomic E-state index is 13.2. The molecule has 2 aromatic rings. The van der Waals surface area contributed by atoms with Gasteiger partial charge >= 0.3 is 0 Å². The first-order chi connectivity index (χ1) is 12.9. The minimum atomic E-state index is -1.25. The molecule has 0 saturated carbocycles. The number of halogens is 3. The van der Waals surface area contributed by atoms with Crippen molar-refractivity contribution in [3.8, 4) is 17.2 Å². The van der Waals surface area contributed by atoms with Gasteiger partial charge in [0.05, 0.1) is 18.8 Å². The first kappa shape index (κ1) is 21.1. The molecule has 1 aromatic carbocycles. The molecule has 0 radical (unpaired) electrons. The van der Waals surface area contributed by atoms with Crippen LogP contribution in [0.4, 0.5) is 4.39 Å². The normalized spacial score (nSPS) is 13.2. The fraction of sp³-hybridized carbons (Fsp3) is 0.316. The van der Waals surface area contributed by atoms with Crippen LogP contribution in [0.15, 0.2) is 47.4 Å². The number of aliphatic hydroxyl groups is 1. The van der Waals surface area contributed by atoms with Crippen LogP contribution < -0.4 is 5.56 Å². The summed E-state index contributed by atoms with van der Waals surface area (Å²) in [5.74, 6) is -1.49. The summed E-state index contributed by atoms with van der Waals surface area (Å²) in [6.07, 6.45) is 0.0702. The third-order valence-electron chi connectivity index (χ3n) is 4.17. The molecule has 0 fully saturated rings. The number of benzene rings is 1. The third-order valence-corrected chi connectivity index (χ3v) is 4.66. The van der Waals surface area contributed by atoms with Gasteiger partial charge in [0.25, 0.3) is 5.56 Å². The van der Waals surface area contributed by atoms with Crippen LogP contribution in [0.1, 0.15) is 18.1 Å². The van der Waals surface area contributed by atoms with Crippen molar-refractivity contribution in [3.63, 3.8) is 0 Å². The second kappa shape index (κ2) is 9.65. The van der Waals surface area contributed by atoms with Crippen LogP contribution in [0.5, 0.6) is 0 Å². The summed E-state index contributed by atoms with van der Waals surface area (Å²) in [5, 5.41) is 19.0. The molecule has 8 heteroatoms. The van der Waals surface area contributed by atoms with Crippen molar-refractivity contribution in [2.75, 3.05) is 6.67 Å². The largest absolute Gasteiger partial charge is 0.388 e. The summed E-state index contributed by atoms with van der Waals surface area (Å²) in [7, 11) is 0. The summed E-state index contributed by atoms with van der Waals surface area (Å²) in [6, 6.07) is 11.6. The number of aliphatic hydroxyl groups excluding tert-OH is 1. The number of ketones is 1. The van der Waals surface area contributed by atoms with Gasteiger partial charge in [-0.25, -0.2) is 0 Å². The number of nitrogens with zero attached hydrogens (tertiary/aromatic N) is 2. The van der Waals surface area contributed by atoms with Crippen LogP contribution in [0.3, 0.4) is 0 Å². The molecule has 2 atom stereocenters. The SMILES string of the molecule is N#CCn1ccc(-c2ccc([C@@H](O)[C@@H](CF)CC(=O)C(Cl)Cl)cc2)cc1=O. The number of Topliss-reactive ketones (excluding diaryl/α,β-unsaturated/α-hetero) is 1. The minimum Gasteiger partial charge on any atom is -0.388 e. The van der Waals surface area contributed by atoms with E-state index in [9.17, 15) is 19.1 Å². The molecule has 0 spiro atoms. The number of hydrogen-bond donors (Lipinski definition) is 1. The number of hydrogen-bond acceptors (Lipinski definition) is 4. The molecule has 2 rings (SSSR count). The number of rotatable bonds is 8. The van der Waals surface area contributed by atoms with Crippen molar-refractivity contribution in [2.45, 2.75) is 23.9 Å². The Bertz CT molecular complexity index is 891. The van der Waals surface area contributed by atoms with E-state index in [1.54, 1.807) is 30.3 Å². The molecule has 0 saturated heterocycles. The van der Waals surface area contributed by atoms with Crippen LogP contribution >= 0.6 is 23.2 Å². The average molecular weight is 411 g/mol. The Hall–Kier alpha value is -2.20. The first-order valence-electron chi connectivity index (χ1n) is 8.10. The van der Waals surface area contributed by atoms with Crippen molar-refractivity contribution >= 4 is 29.0 Å². The highest BCUT2D eigenvalue weighted by molar-refractivity contribution is 6.53. The minimum absolute atomic E-state index is 0.0287. The molecule has 1 N–H and O–H groups in total. The van der Waals surface area contributed by atoms with Gasteiger partial charge in [0.15, 0.2) is 10.6 Å². The molecule has 27 heavy (non-hydrogen) atoms. The lowest BCUT2D eigenvalue weighted by Gasteiger charge is -2.20. The van der Waals surface area contributed by atoms with Crippen LogP contribution in [0.2, 0.25) is 0 Å². The monoisotopic (exact) mass is 410 g/mol. The van der Waals surface area contributed by atoms with Gasteiger partial charge in [-0.1, -0.05) is 47.5 Å². The van der Waals surface area contributed by atoms with Gasteiger partial charge in [0, 0.05) is 24.6 Å². The Labute approximate surface area is 165 Å². The molecular weight excluding hydrogens is 394 g/mol. The predicted octanol–water partition coefficient (Wildman–Crippen LogP) is 3.42. The molecular formula is C19H17Cl2FN2O3. The molecule has 0 aliphatic rings. The summed E-state index contributed by atoms with van der Waals surface area (Å²) >= 11 is 11.0. The van der Waals surface area contributed by atoms with Gasteiger partial charge in [-0.2, -0.15) is 5.26 Å². The van der Waals surface area contributed by atoms with Gasteiger partial charge in [-0.3, -0.25) is 14.0 Å². The molecule has 0 aliphatic heterocycles. The van der Waals surface area contributed by atoms with E-state index in [1.165, 1.54) is 16.8 Å². The van der Waals surface area contributed by atoms with Gasteiger partial charge in [0.2, 0.25) is 0 Å². The van der Waals surface area contributed by atoms with E-state index in [-0.39, 0.29) is 18.5 Å². The lowest BCUT2D eigenvalue weighted by atomic mass is 9.91. The maximum Gasteiger partial charge on any atom is 0.252 e. The summed E-state index contributed by atoms with van der Waals surface area (Å²) in [5.41, 5.74) is 1.51. The van der Waals surface area contributed by atoms with Crippen LogP contribution in [-0.2, 0) is 11.3 Å². The summed E-state index contributed by atoms with van der Waals surface area (Å²) in [6.45, 7) is -0.925. The average Bonchev–Trinajstić information content (AvgIpc) is 2.67. The Balaban J connectivity index is 2.18. The second-order valence-electron chi connectivity index (χ2n) is 5.99. The number of nitriles is 1. The molecule has 0 bridgehead atoms. The maximum absolute atomic E-state index is 13.2. The van der Waals surface area contributed by atoms with Crippen molar-refractivity contribution in [3.05, 3.63) is 58.5 Å². The fourth-order valence-electron chi connectivity index (χ4n) is 2.64. The number of alkyl halides is 3. The summed E-state index contributed by atoms with van der Waals surface area (Å²) < 4.78 is 14.5. The van der Waals surface area contributed by atoms with E-state index in [1.807, 2.05) is 6.07 Å². The lowest BCUT2D eigenvalue weighted by Crippen LogP contribution is -2.21. The van der Waals surface area contributed by atoms with Crippen molar-refractivity contribution < 1.29 is 14.3 Å². The zero-order valence-corrected chi connectivity index (χ0v) is 15.7. The summed E-state index contributed by atoms with van der Waals surface area (Å²) in [4.78, 5) is 22.3. The number of carbonyl (C=O) groups is 1. The van der Waals surface area contributed by atoms with Gasteiger partial charge in [-0.15, -0.1) is 0 Å². The zero-order chi connectivity index (χ0) is 20.0. The fourth-order valence-corrected chi connectivity index (χ4v) is 2.82. The Morgan fingerprint density at radius 1 is 1.22 bits per heavy atom. The quantitative estimate of drug-likeness (QED) is 0.675. The van der Waals surface area contributed by atoms with E-state index >= 15 is 0 Å². The highest BCUT2D eigenvalue weighted by atomic mass is 35.5. The molecule has 1 aromatic heterocycles. The Morgan fingerprint density at radius 3 is 2.41 bits per heavy atom. The van der Waals surface area contributed by atoms with E-state index < -0.39 is 29.3 Å². The molecule has 0 unspecified atom stereocenters. The smallest absolute Gasteiger partial charge is 0.252 e. The van der Waals surface area contributed by atoms with E-state index in [0.717, 1.165) is 5.56 Å². The molecule has 0 aliphatic carbocycles. The topological polar surface area (TPSA) is 83.1 Å². The van der Waals surface area contributed by atoms with Crippen LogP contribution in [0, 0.1) is 17.2 Å². The van der Waals surface area contributed by atoms with E-state index in [2.05, 4.69) is 0 Å². The van der Waals surface area contributed by atoms with Gasteiger partial charge in [-0.05, 0) is 22.8 Å². The highest BCUT2D eigenvalue weighted by Gasteiger charge is 2.26.